The molecule has 4 rings (SSSR count). The van der Waals surface area contributed by atoms with Crippen LogP contribution < -0.4 is 5.63 Å². The Morgan fingerprint density at radius 2 is 1.92 bits per heavy atom. The summed E-state index contributed by atoms with van der Waals surface area (Å²) in [7, 11) is 0. The minimum Gasteiger partial charge on any atom is -0.508 e. The minimum atomic E-state index is -0.241. The lowest BCUT2D eigenvalue weighted by molar-refractivity contribution is 0.110. The van der Waals surface area contributed by atoms with Crippen LogP contribution in [0.2, 0.25) is 0 Å². The van der Waals surface area contributed by atoms with Gasteiger partial charge in [-0.1, -0.05) is 31.2 Å². The molecule has 0 atom stereocenters. The van der Waals surface area contributed by atoms with Crippen LogP contribution in [-0.2, 0) is 24.2 Å². The second-order valence-corrected chi connectivity index (χ2v) is 5.70. The quantitative estimate of drug-likeness (QED) is 0.739. The topological polar surface area (TPSA) is 59.7 Å². The number of phenolic OH excluding ortho intramolecular Hbond substituents is 1. The number of aryl methyl sites for hydroxylation is 1. The lowest BCUT2D eigenvalue weighted by Gasteiger charge is -2.15. The third kappa shape index (κ3) is 3.66. The van der Waals surface area contributed by atoms with Crippen LogP contribution in [0.5, 0.6) is 5.75 Å². The summed E-state index contributed by atoms with van der Waals surface area (Å²) in [6, 6.07) is 14.8. The van der Waals surface area contributed by atoms with Crippen LogP contribution in [0.15, 0.2) is 57.7 Å². The van der Waals surface area contributed by atoms with Crippen molar-refractivity contribution in [2.45, 2.75) is 26.4 Å². The lowest BCUT2D eigenvalue weighted by Crippen LogP contribution is -2.08. The Balaban J connectivity index is 0.000000143. The molecule has 1 aliphatic rings. The lowest BCUT2D eigenvalue weighted by atomic mass is 10.0. The summed E-state index contributed by atoms with van der Waals surface area (Å²) >= 11 is 0. The number of benzene rings is 2. The Morgan fingerprint density at radius 3 is 2.75 bits per heavy atom. The highest BCUT2D eigenvalue weighted by Crippen LogP contribution is 2.21. The summed E-state index contributed by atoms with van der Waals surface area (Å²) in [5.41, 5.74) is 2.18. The number of fused-ring (bicyclic) bond motifs is 2. The monoisotopic (exact) mass is 324 g/mol. The maximum Gasteiger partial charge on any atom is 0.343 e. The highest BCUT2D eigenvalue weighted by molar-refractivity contribution is 5.81. The molecule has 2 aromatic carbocycles. The molecule has 0 fully saturated rings. The van der Waals surface area contributed by atoms with E-state index in [2.05, 4.69) is 0 Å². The van der Waals surface area contributed by atoms with Gasteiger partial charge in [0.25, 0.3) is 0 Å². The molecule has 4 nitrogen and oxygen atoms in total. The summed E-state index contributed by atoms with van der Waals surface area (Å²) in [6.45, 7) is 3.43. The highest BCUT2D eigenvalue weighted by atomic mass is 16.5. The van der Waals surface area contributed by atoms with Crippen molar-refractivity contribution in [2.75, 3.05) is 6.61 Å². The predicted molar refractivity (Wildman–Crippen MR) is 93.3 cm³/mol. The zero-order valence-electron chi connectivity index (χ0n) is 13.6. The Kier molecular flexibility index (Phi) is 4.96. The molecule has 1 aromatic heterocycles. The predicted octanol–water partition coefficient (Wildman–Crippen LogP) is 3.82. The molecule has 124 valence electrons. The third-order valence-corrected chi connectivity index (χ3v) is 4.03. The molecular formula is C20H20O4. The van der Waals surface area contributed by atoms with Crippen molar-refractivity contribution < 1.29 is 14.3 Å². The van der Waals surface area contributed by atoms with E-state index in [4.69, 9.17) is 14.3 Å². The van der Waals surface area contributed by atoms with Crippen molar-refractivity contribution in [1.82, 2.24) is 0 Å². The van der Waals surface area contributed by atoms with Gasteiger partial charge in [0.05, 0.1) is 18.6 Å². The second kappa shape index (κ2) is 7.32. The van der Waals surface area contributed by atoms with E-state index in [-0.39, 0.29) is 5.63 Å². The van der Waals surface area contributed by atoms with Crippen molar-refractivity contribution in [2.24, 2.45) is 0 Å². The molecule has 0 amide bonds. The van der Waals surface area contributed by atoms with Crippen LogP contribution in [0.4, 0.5) is 0 Å². The average molecular weight is 324 g/mol. The van der Waals surface area contributed by atoms with E-state index in [9.17, 15) is 4.79 Å². The standard InChI is InChI=1S/C11H10O2.C9H10O2/c1-2-9-7-8-5-3-4-6-10(8)11(12)13-9;10-9-2-1-8-6-11-4-3-7(8)5-9/h3-7H,2H2,1H3;1-2,5,10H,3-4,6H2. The Morgan fingerprint density at radius 1 is 1.08 bits per heavy atom. The van der Waals surface area contributed by atoms with Crippen LogP contribution in [0.3, 0.4) is 0 Å². The van der Waals surface area contributed by atoms with Crippen LogP contribution >= 0.6 is 0 Å². The molecule has 1 aliphatic heterocycles. The molecule has 1 N–H and O–H groups in total. The van der Waals surface area contributed by atoms with Gasteiger partial charge in [0.1, 0.15) is 11.5 Å². The van der Waals surface area contributed by atoms with E-state index < -0.39 is 0 Å². The SMILES string of the molecule is CCc1cc2ccccc2c(=O)o1.Oc1ccc2c(c1)CCOC2. The van der Waals surface area contributed by atoms with E-state index in [1.807, 2.05) is 43.3 Å². The molecule has 2 heterocycles. The number of aromatic hydroxyl groups is 1. The van der Waals surface area contributed by atoms with Crippen molar-refractivity contribution in [3.63, 3.8) is 0 Å². The third-order valence-electron chi connectivity index (χ3n) is 4.03. The van der Waals surface area contributed by atoms with E-state index >= 15 is 0 Å². The van der Waals surface area contributed by atoms with Crippen LogP contribution in [0, 0.1) is 0 Å². The number of hydrogen-bond acceptors (Lipinski definition) is 4. The fraction of sp³-hybridized carbons (Fsp3) is 0.250. The van der Waals surface area contributed by atoms with Gasteiger partial charge in [0.2, 0.25) is 0 Å². The first-order valence-corrected chi connectivity index (χ1v) is 8.07. The largest absolute Gasteiger partial charge is 0.508 e. The van der Waals surface area contributed by atoms with Crippen LogP contribution in [0.25, 0.3) is 10.8 Å². The van der Waals surface area contributed by atoms with Crippen molar-refractivity contribution in [1.29, 1.82) is 0 Å². The summed E-state index contributed by atoms with van der Waals surface area (Å²) in [5, 5.41) is 10.8. The van der Waals surface area contributed by atoms with E-state index in [0.717, 1.165) is 30.6 Å². The van der Waals surface area contributed by atoms with Crippen LogP contribution in [-0.4, -0.2) is 11.7 Å². The van der Waals surface area contributed by atoms with Crippen molar-refractivity contribution >= 4 is 10.8 Å². The second-order valence-electron chi connectivity index (χ2n) is 5.70. The van der Waals surface area contributed by atoms with Gasteiger partial charge in [-0.2, -0.15) is 0 Å². The smallest absolute Gasteiger partial charge is 0.343 e. The zero-order valence-corrected chi connectivity index (χ0v) is 13.6. The average Bonchev–Trinajstić information content (AvgIpc) is 2.62. The number of rotatable bonds is 1. The number of hydrogen-bond donors (Lipinski definition) is 1. The molecule has 0 saturated heterocycles. The molecule has 4 heteroatoms. The van der Waals surface area contributed by atoms with Gasteiger partial charge in [0.15, 0.2) is 0 Å². The first kappa shape index (κ1) is 16.3. The molecule has 24 heavy (non-hydrogen) atoms. The zero-order chi connectivity index (χ0) is 16.9. The van der Waals surface area contributed by atoms with Gasteiger partial charge in [-0.15, -0.1) is 0 Å². The van der Waals surface area contributed by atoms with Crippen molar-refractivity contribution in [3.05, 3.63) is 75.8 Å². The van der Waals surface area contributed by atoms with Gasteiger partial charge in [0, 0.05) is 6.42 Å². The Bertz CT molecular complexity index is 896. The minimum absolute atomic E-state index is 0.241. The molecule has 0 spiro atoms. The summed E-state index contributed by atoms with van der Waals surface area (Å²) in [5.74, 6) is 1.09. The first-order chi connectivity index (χ1) is 11.7. The summed E-state index contributed by atoms with van der Waals surface area (Å²) in [4.78, 5) is 11.4. The molecule has 0 unspecified atom stereocenters. The maximum absolute atomic E-state index is 11.4. The van der Waals surface area contributed by atoms with Gasteiger partial charge < -0.3 is 14.3 Å². The maximum atomic E-state index is 11.4. The number of ether oxygens (including phenoxy) is 1. The Labute approximate surface area is 140 Å². The van der Waals surface area contributed by atoms with E-state index in [0.29, 0.717) is 17.7 Å². The first-order valence-electron chi connectivity index (χ1n) is 8.07. The van der Waals surface area contributed by atoms with Gasteiger partial charge in [-0.3, -0.25) is 0 Å². The van der Waals surface area contributed by atoms with Gasteiger partial charge in [-0.05, 0) is 47.2 Å². The molecule has 0 bridgehead atoms. The highest BCUT2D eigenvalue weighted by Gasteiger charge is 2.08. The normalized spacial score (nSPS) is 13.0. The van der Waals surface area contributed by atoms with Crippen molar-refractivity contribution in [3.8, 4) is 5.75 Å². The number of phenols is 1. The summed E-state index contributed by atoms with van der Waals surface area (Å²) in [6.07, 6.45) is 1.67. The molecular weight excluding hydrogens is 304 g/mol. The molecule has 0 radical (unpaired) electrons. The fourth-order valence-corrected chi connectivity index (χ4v) is 2.71. The van der Waals surface area contributed by atoms with Crippen LogP contribution in [0.1, 0.15) is 23.8 Å². The fourth-order valence-electron chi connectivity index (χ4n) is 2.71. The summed E-state index contributed by atoms with van der Waals surface area (Å²) < 4.78 is 10.3. The molecule has 3 aromatic rings. The van der Waals surface area contributed by atoms with Gasteiger partial charge in [-0.25, -0.2) is 4.79 Å². The van der Waals surface area contributed by atoms with Gasteiger partial charge >= 0.3 is 5.63 Å². The van der Waals surface area contributed by atoms with E-state index in [1.54, 1.807) is 12.1 Å². The molecule has 0 saturated carbocycles. The molecule has 0 aliphatic carbocycles. The Hall–Kier alpha value is -2.59. The van der Waals surface area contributed by atoms with E-state index in [1.165, 1.54) is 11.1 Å².